The SMILES string of the molecule is CCC1(C(=O)N[C@@H](CC(C)C)C(=O)O)CCNCC1. The largest absolute Gasteiger partial charge is 0.480 e. The number of carbonyl (C=O) groups is 2. The zero-order valence-corrected chi connectivity index (χ0v) is 12.2. The van der Waals surface area contributed by atoms with Gasteiger partial charge in [-0.3, -0.25) is 4.79 Å². The molecular weight excluding hydrogens is 244 g/mol. The molecule has 1 atom stereocenters. The Hall–Kier alpha value is -1.10. The van der Waals surface area contributed by atoms with Crippen LogP contribution < -0.4 is 10.6 Å². The van der Waals surface area contributed by atoms with Gasteiger partial charge in [-0.2, -0.15) is 0 Å². The van der Waals surface area contributed by atoms with Crippen LogP contribution in [0.4, 0.5) is 0 Å². The monoisotopic (exact) mass is 270 g/mol. The Balaban J connectivity index is 2.71. The molecule has 5 nitrogen and oxygen atoms in total. The highest BCUT2D eigenvalue weighted by Gasteiger charge is 2.39. The first kappa shape index (κ1) is 16.0. The van der Waals surface area contributed by atoms with Gasteiger partial charge in [0.15, 0.2) is 0 Å². The van der Waals surface area contributed by atoms with Crippen LogP contribution in [0, 0.1) is 11.3 Å². The quantitative estimate of drug-likeness (QED) is 0.681. The van der Waals surface area contributed by atoms with Crippen LogP contribution in [-0.4, -0.2) is 36.1 Å². The maximum Gasteiger partial charge on any atom is 0.326 e. The Kier molecular flexibility index (Phi) is 5.79. The third kappa shape index (κ3) is 4.20. The summed E-state index contributed by atoms with van der Waals surface area (Å²) in [6, 6.07) is -0.772. The predicted octanol–water partition coefficient (Wildman–Crippen LogP) is 1.38. The lowest BCUT2D eigenvalue weighted by molar-refractivity contribution is -0.145. The third-order valence-electron chi connectivity index (χ3n) is 4.03. The van der Waals surface area contributed by atoms with E-state index in [0.717, 1.165) is 32.4 Å². The Morgan fingerprint density at radius 2 is 1.89 bits per heavy atom. The fourth-order valence-electron chi connectivity index (χ4n) is 2.65. The molecule has 0 aromatic carbocycles. The van der Waals surface area contributed by atoms with Crippen LogP contribution in [0.2, 0.25) is 0 Å². The maximum absolute atomic E-state index is 12.4. The zero-order chi connectivity index (χ0) is 14.5. The minimum atomic E-state index is -0.942. The lowest BCUT2D eigenvalue weighted by Crippen LogP contribution is -2.52. The van der Waals surface area contributed by atoms with Crippen molar-refractivity contribution in [2.24, 2.45) is 11.3 Å². The molecule has 5 heteroatoms. The van der Waals surface area contributed by atoms with Crippen molar-refractivity contribution in [3.05, 3.63) is 0 Å². The second-order valence-electron chi connectivity index (χ2n) is 5.88. The van der Waals surface area contributed by atoms with E-state index in [2.05, 4.69) is 10.6 Å². The van der Waals surface area contributed by atoms with E-state index in [0.29, 0.717) is 6.42 Å². The van der Waals surface area contributed by atoms with Crippen molar-refractivity contribution in [1.82, 2.24) is 10.6 Å². The van der Waals surface area contributed by atoms with Crippen molar-refractivity contribution in [3.8, 4) is 0 Å². The molecule has 1 amide bonds. The normalized spacial score (nSPS) is 20.0. The van der Waals surface area contributed by atoms with Crippen LogP contribution in [0.25, 0.3) is 0 Å². The molecule has 0 unspecified atom stereocenters. The number of hydrogen-bond acceptors (Lipinski definition) is 3. The molecule has 1 fully saturated rings. The Morgan fingerprint density at radius 1 is 1.32 bits per heavy atom. The molecule has 19 heavy (non-hydrogen) atoms. The second kappa shape index (κ2) is 6.89. The topological polar surface area (TPSA) is 78.4 Å². The number of carboxylic acid groups (broad SMARTS) is 1. The zero-order valence-electron chi connectivity index (χ0n) is 12.2. The predicted molar refractivity (Wildman–Crippen MR) is 73.8 cm³/mol. The minimum Gasteiger partial charge on any atom is -0.480 e. The summed E-state index contributed by atoms with van der Waals surface area (Å²) >= 11 is 0. The standard InChI is InChI=1S/C14H26N2O3/c1-4-14(5-7-15-8-6-14)13(19)16-11(12(17)18)9-10(2)3/h10-11,15H,4-9H2,1-3H3,(H,16,19)(H,17,18)/t11-/m0/s1. The molecule has 1 saturated heterocycles. The minimum absolute atomic E-state index is 0.0930. The van der Waals surface area contributed by atoms with Crippen molar-refractivity contribution in [3.63, 3.8) is 0 Å². The number of nitrogens with one attached hydrogen (secondary N) is 2. The second-order valence-corrected chi connectivity index (χ2v) is 5.88. The summed E-state index contributed by atoms with van der Waals surface area (Å²) in [6.07, 6.45) is 2.79. The summed E-state index contributed by atoms with van der Waals surface area (Å²) in [5, 5.41) is 15.2. The van der Waals surface area contributed by atoms with Crippen LogP contribution in [0.15, 0.2) is 0 Å². The molecule has 0 saturated carbocycles. The molecule has 1 rings (SSSR count). The molecule has 0 aromatic heterocycles. The summed E-state index contributed by atoms with van der Waals surface area (Å²) in [5.41, 5.74) is -0.393. The lowest BCUT2D eigenvalue weighted by Gasteiger charge is -2.36. The summed E-state index contributed by atoms with van der Waals surface area (Å²) in [4.78, 5) is 23.7. The van der Waals surface area contributed by atoms with Gasteiger partial charge in [-0.15, -0.1) is 0 Å². The number of rotatable bonds is 6. The first-order chi connectivity index (χ1) is 8.91. The van der Waals surface area contributed by atoms with Crippen LogP contribution in [0.1, 0.15) is 46.5 Å². The van der Waals surface area contributed by atoms with Gasteiger partial charge in [0, 0.05) is 0 Å². The van der Waals surface area contributed by atoms with Crippen LogP contribution in [-0.2, 0) is 9.59 Å². The van der Waals surface area contributed by atoms with E-state index in [-0.39, 0.29) is 11.8 Å². The van der Waals surface area contributed by atoms with Gasteiger partial charge in [-0.1, -0.05) is 20.8 Å². The van der Waals surface area contributed by atoms with Gasteiger partial charge in [0.2, 0.25) is 5.91 Å². The number of amides is 1. The van der Waals surface area contributed by atoms with Crippen LogP contribution >= 0.6 is 0 Å². The van der Waals surface area contributed by atoms with E-state index in [1.165, 1.54) is 0 Å². The highest BCUT2D eigenvalue weighted by molar-refractivity contribution is 5.87. The van der Waals surface area contributed by atoms with Gasteiger partial charge in [0.1, 0.15) is 6.04 Å². The average molecular weight is 270 g/mol. The van der Waals surface area contributed by atoms with Crippen molar-refractivity contribution in [2.45, 2.75) is 52.5 Å². The molecule has 0 spiro atoms. The molecule has 0 aliphatic carbocycles. The van der Waals surface area contributed by atoms with Crippen LogP contribution in [0.5, 0.6) is 0 Å². The Morgan fingerprint density at radius 3 is 2.32 bits per heavy atom. The van der Waals surface area contributed by atoms with Gasteiger partial charge < -0.3 is 15.7 Å². The molecule has 1 heterocycles. The van der Waals surface area contributed by atoms with Crippen molar-refractivity contribution in [2.75, 3.05) is 13.1 Å². The van der Waals surface area contributed by atoms with E-state index in [1.54, 1.807) is 0 Å². The number of aliphatic carboxylic acids is 1. The van der Waals surface area contributed by atoms with E-state index in [4.69, 9.17) is 0 Å². The molecule has 110 valence electrons. The summed E-state index contributed by atoms with van der Waals surface area (Å²) < 4.78 is 0. The van der Waals surface area contributed by atoms with Gasteiger partial charge >= 0.3 is 5.97 Å². The molecular formula is C14H26N2O3. The van der Waals surface area contributed by atoms with E-state index in [1.807, 2.05) is 20.8 Å². The summed E-state index contributed by atoms with van der Waals surface area (Å²) in [6.45, 7) is 7.57. The Labute approximate surface area is 115 Å². The summed E-state index contributed by atoms with van der Waals surface area (Å²) in [5.74, 6) is -0.793. The first-order valence-electron chi connectivity index (χ1n) is 7.16. The number of carbonyl (C=O) groups excluding carboxylic acids is 1. The Bertz CT molecular complexity index is 323. The lowest BCUT2D eigenvalue weighted by atomic mass is 9.75. The first-order valence-corrected chi connectivity index (χ1v) is 7.16. The van der Waals surface area contributed by atoms with Gasteiger partial charge in [0.05, 0.1) is 5.41 Å². The molecule has 0 bridgehead atoms. The maximum atomic E-state index is 12.4. The summed E-state index contributed by atoms with van der Waals surface area (Å²) in [7, 11) is 0. The van der Waals surface area contributed by atoms with Crippen molar-refractivity contribution in [1.29, 1.82) is 0 Å². The molecule has 1 aliphatic rings. The number of hydrogen-bond donors (Lipinski definition) is 3. The molecule has 0 radical (unpaired) electrons. The smallest absolute Gasteiger partial charge is 0.326 e. The third-order valence-corrected chi connectivity index (χ3v) is 4.03. The molecule has 3 N–H and O–H groups in total. The van der Waals surface area contributed by atoms with Crippen molar-refractivity contribution >= 4 is 11.9 Å². The van der Waals surface area contributed by atoms with Crippen molar-refractivity contribution < 1.29 is 14.7 Å². The van der Waals surface area contributed by atoms with E-state index in [9.17, 15) is 14.7 Å². The van der Waals surface area contributed by atoms with Gasteiger partial charge in [0.25, 0.3) is 0 Å². The van der Waals surface area contributed by atoms with E-state index >= 15 is 0 Å². The van der Waals surface area contributed by atoms with Gasteiger partial charge in [-0.25, -0.2) is 4.79 Å². The highest BCUT2D eigenvalue weighted by atomic mass is 16.4. The number of carboxylic acids is 1. The van der Waals surface area contributed by atoms with Gasteiger partial charge in [-0.05, 0) is 44.7 Å². The fourth-order valence-corrected chi connectivity index (χ4v) is 2.65. The van der Waals surface area contributed by atoms with Crippen LogP contribution in [0.3, 0.4) is 0 Å². The average Bonchev–Trinajstić information content (AvgIpc) is 2.38. The fraction of sp³-hybridized carbons (Fsp3) is 0.857. The molecule has 0 aromatic rings. The molecule has 1 aliphatic heterocycles. The highest BCUT2D eigenvalue weighted by Crippen LogP contribution is 2.32. The van der Waals surface area contributed by atoms with E-state index < -0.39 is 17.4 Å². The number of piperidine rings is 1.